The number of fused-ring (bicyclic) bond motifs is 2. The number of nitrogens with zero attached hydrogens (tertiary/aromatic N) is 3. The van der Waals surface area contributed by atoms with Gasteiger partial charge in [0.1, 0.15) is 11.3 Å². The first-order valence-electron chi connectivity index (χ1n) is 19.3. The molecule has 0 unspecified atom stereocenters. The van der Waals surface area contributed by atoms with Gasteiger partial charge in [-0.05, 0) is 76.5 Å². The van der Waals surface area contributed by atoms with Crippen LogP contribution in [0.15, 0.2) is 206 Å². The standard InChI is InChI=1S/C49H44N3O3S3/c1-3-58(4-2,55-50-53)48-28-18-17-27-45(48)49-43-31-29-39(51(37-19-9-5-10-20-37)35-56-41-23-13-7-14-24-41)33-46(43)54-47-34-40(30-32-44(47)49)52(38-21-11-6-12-22-38)36-57-42-25-15-8-16-26-42/h5-34H,3-4,35-36H2,1-2H3/q+1. The molecule has 0 radical (unpaired) electrons. The number of rotatable bonds is 15. The highest BCUT2D eigenvalue weighted by Gasteiger charge is 2.31. The molecule has 0 aromatic heterocycles. The van der Waals surface area contributed by atoms with Crippen LogP contribution in [0.4, 0.5) is 17.1 Å². The van der Waals surface area contributed by atoms with E-state index in [1.807, 2.05) is 30.3 Å². The Morgan fingerprint density at radius 3 is 1.93 bits per heavy atom. The molecule has 1 aliphatic heterocycles. The highest BCUT2D eigenvalue weighted by atomic mass is 32.3. The van der Waals surface area contributed by atoms with Gasteiger partial charge in [-0.3, -0.25) is 0 Å². The molecule has 6 nitrogen and oxygen atoms in total. The monoisotopic (exact) mass is 818 g/mol. The molecule has 0 saturated carbocycles. The van der Waals surface area contributed by atoms with Crippen molar-refractivity contribution in [2.75, 3.05) is 28.2 Å². The van der Waals surface area contributed by atoms with E-state index in [-0.39, 0.29) is 0 Å². The van der Waals surface area contributed by atoms with Gasteiger partial charge in [0.2, 0.25) is 11.0 Å². The molecule has 0 amide bonds. The number of anilines is 2. The van der Waals surface area contributed by atoms with Crippen LogP contribution in [-0.4, -0.2) is 23.3 Å². The molecule has 290 valence electrons. The summed E-state index contributed by atoms with van der Waals surface area (Å²) in [6.07, 6.45) is 0. The minimum Gasteiger partial charge on any atom is -0.456 e. The van der Waals surface area contributed by atoms with Crippen LogP contribution in [0.25, 0.3) is 33.4 Å². The number of hydrogen-bond donors (Lipinski definition) is 0. The third-order valence-electron chi connectivity index (χ3n) is 10.3. The lowest BCUT2D eigenvalue weighted by Crippen LogP contribution is -2.25. The van der Waals surface area contributed by atoms with Gasteiger partial charge in [0.15, 0.2) is 11.2 Å². The van der Waals surface area contributed by atoms with Gasteiger partial charge in [0, 0.05) is 78.3 Å². The predicted molar refractivity (Wildman–Crippen MR) is 246 cm³/mol. The Morgan fingerprint density at radius 1 is 0.638 bits per heavy atom. The van der Waals surface area contributed by atoms with Gasteiger partial charge in [-0.1, -0.05) is 117 Å². The van der Waals surface area contributed by atoms with E-state index >= 15 is 0 Å². The lowest BCUT2D eigenvalue weighted by molar-refractivity contribution is 0.377. The Kier molecular flexibility index (Phi) is 12.3. The first-order valence-corrected chi connectivity index (χ1v) is 23.2. The van der Waals surface area contributed by atoms with Crippen molar-refractivity contribution in [3.8, 4) is 22.5 Å². The molecule has 0 saturated heterocycles. The summed E-state index contributed by atoms with van der Waals surface area (Å²) in [5.41, 5.74) is 6.96. The zero-order valence-electron chi connectivity index (χ0n) is 32.4. The van der Waals surface area contributed by atoms with E-state index in [0.717, 1.165) is 60.7 Å². The second-order valence-corrected chi connectivity index (χ2v) is 19.0. The molecule has 0 atom stereocenters. The van der Waals surface area contributed by atoms with Crippen LogP contribution >= 0.6 is 33.8 Å². The molecular formula is C49H44N3O3S3+. The molecule has 6 aromatic rings. The van der Waals surface area contributed by atoms with Crippen LogP contribution in [0.2, 0.25) is 0 Å². The van der Waals surface area contributed by atoms with Crippen molar-refractivity contribution >= 4 is 61.9 Å². The lowest BCUT2D eigenvalue weighted by atomic mass is 9.93. The third-order valence-corrected chi connectivity index (χ3v) is 15.7. The van der Waals surface area contributed by atoms with Crippen molar-refractivity contribution in [2.45, 2.75) is 28.5 Å². The van der Waals surface area contributed by atoms with Crippen LogP contribution < -0.4 is 14.8 Å². The zero-order chi connectivity index (χ0) is 39.7. The minimum atomic E-state index is -2.03. The molecule has 58 heavy (non-hydrogen) atoms. The normalized spacial score (nSPS) is 12.3. The quantitative estimate of drug-likeness (QED) is 0.0256. The van der Waals surface area contributed by atoms with E-state index in [1.165, 1.54) is 9.79 Å². The fourth-order valence-corrected chi connectivity index (χ4v) is 11.5. The largest absolute Gasteiger partial charge is 0.456 e. The van der Waals surface area contributed by atoms with Crippen molar-refractivity contribution in [2.24, 2.45) is 5.34 Å². The maximum atomic E-state index is 11.8. The number of thioether (sulfide) groups is 2. The number of para-hydroxylation sites is 2. The van der Waals surface area contributed by atoms with E-state index in [4.69, 9.17) is 8.70 Å². The van der Waals surface area contributed by atoms with Gasteiger partial charge in [-0.25, -0.2) is 0 Å². The van der Waals surface area contributed by atoms with Crippen molar-refractivity contribution in [1.82, 2.24) is 4.58 Å². The van der Waals surface area contributed by atoms with E-state index in [9.17, 15) is 4.91 Å². The summed E-state index contributed by atoms with van der Waals surface area (Å²) in [7, 11) is -2.03. The fourth-order valence-electron chi connectivity index (χ4n) is 7.33. The molecule has 0 bridgehead atoms. The third kappa shape index (κ3) is 8.29. The maximum Gasteiger partial charge on any atom is 0.210 e. The molecule has 0 spiro atoms. The average molecular weight is 819 g/mol. The second-order valence-electron chi connectivity index (χ2n) is 13.6. The molecule has 9 heteroatoms. The predicted octanol–water partition coefficient (Wildman–Crippen LogP) is 13.8. The summed E-state index contributed by atoms with van der Waals surface area (Å²) in [5.74, 6) is 3.47. The van der Waals surface area contributed by atoms with Crippen LogP contribution in [0.3, 0.4) is 0 Å². The summed E-state index contributed by atoms with van der Waals surface area (Å²) >= 11 is 3.58. The van der Waals surface area contributed by atoms with E-state index in [1.54, 1.807) is 23.5 Å². The molecule has 8 rings (SSSR count). The second kappa shape index (κ2) is 18.2. The van der Waals surface area contributed by atoms with Gasteiger partial charge in [0.05, 0.1) is 11.9 Å². The molecule has 6 aromatic carbocycles. The maximum absolute atomic E-state index is 11.8. The van der Waals surface area contributed by atoms with Crippen molar-refractivity contribution in [3.05, 3.63) is 192 Å². The van der Waals surface area contributed by atoms with Crippen LogP contribution in [0, 0.1) is 4.91 Å². The van der Waals surface area contributed by atoms with Gasteiger partial charge in [-0.2, -0.15) is 4.58 Å². The summed E-state index contributed by atoms with van der Waals surface area (Å²) < 4.78 is 15.2. The minimum absolute atomic E-state index is 0.657. The molecular weight excluding hydrogens is 775 g/mol. The Bertz CT molecular complexity index is 2650. The lowest BCUT2D eigenvalue weighted by Gasteiger charge is -2.35. The van der Waals surface area contributed by atoms with E-state index in [2.05, 4.69) is 180 Å². The molecule has 0 N–H and O–H groups in total. The summed E-state index contributed by atoms with van der Waals surface area (Å²) in [6, 6.07) is 63.3. The Hall–Kier alpha value is -5.74. The smallest absolute Gasteiger partial charge is 0.210 e. The highest BCUT2D eigenvalue weighted by molar-refractivity contribution is 8.29. The number of hydrogen-bond acceptors (Lipinski definition) is 7. The molecule has 1 heterocycles. The van der Waals surface area contributed by atoms with Gasteiger partial charge in [-0.15, -0.1) is 16.7 Å². The summed E-state index contributed by atoms with van der Waals surface area (Å²) in [6.45, 7) is 4.15. The van der Waals surface area contributed by atoms with Crippen molar-refractivity contribution in [1.29, 1.82) is 0 Å². The Balaban J connectivity index is 1.37. The average Bonchev–Trinajstić information content (AvgIpc) is 3.29. The van der Waals surface area contributed by atoms with Crippen molar-refractivity contribution < 1.29 is 8.70 Å². The topological polar surface area (TPSA) is 58.0 Å². The van der Waals surface area contributed by atoms with Gasteiger partial charge < -0.3 is 13.6 Å². The first kappa shape index (κ1) is 39.1. The van der Waals surface area contributed by atoms with Crippen molar-refractivity contribution in [3.63, 3.8) is 0 Å². The SMILES string of the molecule is CCS(CC)(ON=O)c1ccccc1-c1c2cc/c(=[N+](/CSc3ccccc3)c3ccccc3)cc-2oc2cc(N(CSc3ccccc3)c3ccccc3)ccc12. The molecule has 2 aliphatic rings. The van der Waals surface area contributed by atoms with E-state index in [0.29, 0.717) is 23.3 Å². The summed E-state index contributed by atoms with van der Waals surface area (Å²) in [5, 5.41) is 5.02. The van der Waals surface area contributed by atoms with Gasteiger partial charge >= 0.3 is 0 Å². The fraction of sp³-hybridized carbons (Fsp3) is 0.122. The molecule has 1 aliphatic carbocycles. The Morgan fingerprint density at radius 2 is 1.26 bits per heavy atom. The van der Waals surface area contributed by atoms with Crippen LogP contribution in [0.1, 0.15) is 13.8 Å². The molecule has 0 fully saturated rings. The zero-order valence-corrected chi connectivity index (χ0v) is 34.9. The number of benzene rings is 7. The first-order chi connectivity index (χ1) is 28.6. The van der Waals surface area contributed by atoms with E-state index < -0.39 is 10.3 Å². The highest BCUT2D eigenvalue weighted by Crippen LogP contribution is 2.60. The van der Waals surface area contributed by atoms with Crippen LogP contribution in [-0.2, 0) is 4.28 Å². The van der Waals surface area contributed by atoms with Gasteiger partial charge in [0.25, 0.3) is 0 Å². The van der Waals surface area contributed by atoms with Crippen LogP contribution in [0.5, 0.6) is 0 Å². The summed E-state index contributed by atoms with van der Waals surface area (Å²) in [4.78, 5) is 17.5. The Labute approximate surface area is 350 Å².